The maximum absolute atomic E-state index is 2.32. The summed E-state index contributed by atoms with van der Waals surface area (Å²) < 4.78 is 4.58. The van der Waals surface area contributed by atoms with Crippen LogP contribution >= 0.6 is 7.92 Å². The number of nitrogens with zero attached hydrogens (tertiary/aromatic N) is 2. The Morgan fingerprint density at radius 2 is 1.33 bits per heavy atom. The van der Waals surface area contributed by atoms with Crippen molar-refractivity contribution in [1.29, 1.82) is 0 Å². The van der Waals surface area contributed by atoms with Crippen LogP contribution in [0.15, 0.2) is 91.5 Å². The molecular formula is C26H28BrN2P. The molecule has 4 heteroatoms. The van der Waals surface area contributed by atoms with Gasteiger partial charge in [0.2, 0.25) is 6.33 Å². The Morgan fingerprint density at radius 3 is 1.87 bits per heavy atom. The average Bonchev–Trinajstić information content (AvgIpc) is 3.17. The Balaban J connectivity index is 0.00000256. The van der Waals surface area contributed by atoms with Crippen LogP contribution in [0.25, 0.3) is 5.69 Å². The minimum absolute atomic E-state index is 0. The van der Waals surface area contributed by atoms with Gasteiger partial charge in [0.15, 0.2) is 0 Å². The molecule has 4 aromatic rings. The minimum Gasteiger partial charge on any atom is -1.00 e. The van der Waals surface area contributed by atoms with E-state index in [0.717, 1.165) is 12.7 Å². The van der Waals surface area contributed by atoms with Crippen molar-refractivity contribution in [2.75, 3.05) is 6.16 Å². The van der Waals surface area contributed by atoms with Crippen molar-refractivity contribution < 1.29 is 21.5 Å². The summed E-state index contributed by atoms with van der Waals surface area (Å²) in [5.41, 5.74) is 5.25. The normalized spacial score (nSPS) is 10.8. The van der Waals surface area contributed by atoms with Gasteiger partial charge in [-0.1, -0.05) is 78.4 Å². The number of imidazole rings is 1. The molecule has 0 unspecified atom stereocenters. The van der Waals surface area contributed by atoms with Crippen LogP contribution in [-0.4, -0.2) is 10.7 Å². The van der Waals surface area contributed by atoms with Gasteiger partial charge < -0.3 is 17.0 Å². The van der Waals surface area contributed by atoms with Crippen LogP contribution in [0, 0.1) is 20.8 Å². The summed E-state index contributed by atoms with van der Waals surface area (Å²) in [4.78, 5) is 0. The molecule has 0 atom stereocenters. The summed E-state index contributed by atoms with van der Waals surface area (Å²) in [6, 6.07) is 26.4. The van der Waals surface area contributed by atoms with Crippen LogP contribution in [0.2, 0.25) is 0 Å². The largest absolute Gasteiger partial charge is 1.00 e. The first-order valence-corrected chi connectivity index (χ1v) is 11.7. The van der Waals surface area contributed by atoms with Gasteiger partial charge in [-0.3, -0.25) is 0 Å². The van der Waals surface area contributed by atoms with Gasteiger partial charge >= 0.3 is 0 Å². The van der Waals surface area contributed by atoms with Crippen molar-refractivity contribution in [3.05, 3.63) is 108 Å². The van der Waals surface area contributed by atoms with E-state index in [1.54, 1.807) is 0 Å². The molecule has 0 bridgehead atoms. The summed E-state index contributed by atoms with van der Waals surface area (Å²) in [6.45, 7) is 7.56. The number of rotatable bonds is 6. The molecule has 0 aliphatic rings. The lowest BCUT2D eigenvalue weighted by atomic mass is 10.1. The molecule has 154 valence electrons. The van der Waals surface area contributed by atoms with E-state index in [4.69, 9.17) is 0 Å². The van der Waals surface area contributed by atoms with Crippen molar-refractivity contribution in [2.45, 2.75) is 27.3 Å². The second-order valence-corrected chi connectivity index (χ2v) is 9.96. The molecule has 0 aliphatic heterocycles. The zero-order valence-electron chi connectivity index (χ0n) is 17.8. The molecule has 0 amide bonds. The smallest absolute Gasteiger partial charge is 0.249 e. The van der Waals surface area contributed by atoms with E-state index in [2.05, 4.69) is 121 Å². The van der Waals surface area contributed by atoms with E-state index >= 15 is 0 Å². The fraction of sp³-hybridized carbons (Fsp3) is 0.192. The first-order valence-electron chi connectivity index (χ1n) is 10.1. The predicted octanol–water partition coefficient (Wildman–Crippen LogP) is 1.83. The van der Waals surface area contributed by atoms with Gasteiger partial charge in [-0.2, -0.15) is 0 Å². The van der Waals surface area contributed by atoms with Crippen molar-refractivity contribution in [3.63, 3.8) is 0 Å². The second kappa shape index (κ2) is 10.2. The van der Waals surface area contributed by atoms with Crippen molar-refractivity contribution >= 4 is 18.5 Å². The van der Waals surface area contributed by atoms with E-state index in [-0.39, 0.29) is 24.9 Å². The highest BCUT2D eigenvalue weighted by molar-refractivity contribution is 7.72. The molecule has 0 aliphatic carbocycles. The molecule has 0 radical (unpaired) electrons. The molecule has 0 saturated heterocycles. The predicted molar refractivity (Wildman–Crippen MR) is 124 cm³/mol. The number of benzene rings is 3. The van der Waals surface area contributed by atoms with Crippen molar-refractivity contribution in [1.82, 2.24) is 4.57 Å². The molecule has 0 spiro atoms. The molecule has 30 heavy (non-hydrogen) atoms. The summed E-state index contributed by atoms with van der Waals surface area (Å²) in [5, 5.41) is 2.89. The Bertz CT molecular complexity index is 1030. The van der Waals surface area contributed by atoms with Crippen LogP contribution in [0.1, 0.15) is 16.7 Å². The zero-order chi connectivity index (χ0) is 20.2. The average molecular weight is 479 g/mol. The van der Waals surface area contributed by atoms with Gasteiger partial charge in [-0.05, 0) is 50.4 Å². The van der Waals surface area contributed by atoms with E-state index in [0.29, 0.717) is 0 Å². The van der Waals surface area contributed by atoms with Crippen LogP contribution in [0.4, 0.5) is 0 Å². The SMILES string of the molecule is Cc1cc(C)c(-n2cc[n+](CCP(c3ccccc3)c3ccccc3)c2)c(C)c1.[Br-]. The second-order valence-electron chi connectivity index (χ2n) is 7.63. The van der Waals surface area contributed by atoms with E-state index < -0.39 is 0 Å². The summed E-state index contributed by atoms with van der Waals surface area (Å²) in [6.07, 6.45) is 7.73. The van der Waals surface area contributed by atoms with Crippen molar-refractivity contribution in [2.24, 2.45) is 0 Å². The summed E-state index contributed by atoms with van der Waals surface area (Å²) in [5.74, 6) is 0. The Labute approximate surface area is 191 Å². The standard InChI is InChI=1S/C26H28N2P.BrH/c1-21-18-22(2)26(23(3)19-21)28-15-14-27(20-28)16-17-29(24-10-6-4-7-11-24)25-12-8-5-9-13-25;/h4-15,18-20H,16-17H2,1-3H3;1H/q+1;/p-1. The lowest BCUT2D eigenvalue weighted by molar-refractivity contribution is -0.691. The van der Waals surface area contributed by atoms with E-state index in [1.807, 2.05) is 0 Å². The van der Waals surface area contributed by atoms with Crippen LogP contribution in [0.3, 0.4) is 0 Å². The molecule has 4 rings (SSSR count). The first-order chi connectivity index (χ1) is 14.1. The van der Waals surface area contributed by atoms with Crippen molar-refractivity contribution in [3.8, 4) is 5.69 Å². The number of hydrogen-bond acceptors (Lipinski definition) is 0. The Hall–Kier alpha value is -2.22. The van der Waals surface area contributed by atoms with Gasteiger partial charge in [0.25, 0.3) is 0 Å². The zero-order valence-corrected chi connectivity index (χ0v) is 20.3. The van der Waals surface area contributed by atoms with Gasteiger partial charge in [-0.25, -0.2) is 9.13 Å². The fourth-order valence-corrected chi connectivity index (χ4v) is 6.39. The van der Waals surface area contributed by atoms with Gasteiger partial charge in [0, 0.05) is 6.16 Å². The summed E-state index contributed by atoms with van der Waals surface area (Å²) in [7, 11) is -0.366. The fourth-order valence-electron chi connectivity index (χ4n) is 4.08. The van der Waals surface area contributed by atoms with Gasteiger partial charge in [0.1, 0.15) is 18.1 Å². The number of hydrogen-bond donors (Lipinski definition) is 0. The molecular weight excluding hydrogens is 451 g/mol. The van der Waals surface area contributed by atoms with E-state index in [9.17, 15) is 0 Å². The van der Waals surface area contributed by atoms with Crippen LogP contribution in [-0.2, 0) is 6.54 Å². The third-order valence-corrected chi connectivity index (χ3v) is 7.79. The number of aryl methyl sites for hydroxylation is 4. The maximum Gasteiger partial charge on any atom is 0.249 e. The molecule has 0 fully saturated rings. The molecule has 3 aromatic carbocycles. The number of aromatic nitrogens is 2. The maximum atomic E-state index is 2.32. The lowest BCUT2D eigenvalue weighted by Crippen LogP contribution is -3.00. The molecule has 0 N–H and O–H groups in total. The third-order valence-electron chi connectivity index (χ3n) is 5.30. The van der Waals surface area contributed by atoms with Crippen LogP contribution < -0.4 is 32.2 Å². The molecule has 0 saturated carbocycles. The van der Waals surface area contributed by atoms with Gasteiger partial charge in [0.05, 0.1) is 6.54 Å². The quantitative estimate of drug-likeness (QED) is 0.295. The molecule has 2 nitrogen and oxygen atoms in total. The highest BCUT2D eigenvalue weighted by Gasteiger charge is 2.17. The first kappa shape index (κ1) is 22.5. The minimum atomic E-state index is -0.366. The molecule has 1 heterocycles. The highest BCUT2D eigenvalue weighted by Crippen LogP contribution is 2.32. The summed E-state index contributed by atoms with van der Waals surface area (Å²) >= 11 is 0. The molecule has 1 aromatic heterocycles. The number of halogens is 1. The van der Waals surface area contributed by atoms with Gasteiger partial charge in [-0.15, -0.1) is 0 Å². The van der Waals surface area contributed by atoms with Crippen LogP contribution in [0.5, 0.6) is 0 Å². The topological polar surface area (TPSA) is 8.81 Å². The monoisotopic (exact) mass is 478 g/mol. The lowest BCUT2D eigenvalue weighted by Gasteiger charge is -2.17. The highest BCUT2D eigenvalue weighted by atomic mass is 79.9. The third kappa shape index (κ3) is 5.09. The van der Waals surface area contributed by atoms with E-state index in [1.165, 1.54) is 33.0 Å². The Kier molecular flexibility index (Phi) is 7.64. The Morgan fingerprint density at radius 1 is 0.800 bits per heavy atom.